The number of fused-ring (bicyclic) bond motifs is 1. The van der Waals surface area contributed by atoms with Crippen LogP contribution in [0.5, 0.6) is 11.5 Å². The van der Waals surface area contributed by atoms with E-state index < -0.39 is 0 Å². The van der Waals surface area contributed by atoms with Crippen LogP contribution in [0.4, 0.5) is 6.01 Å². The number of carbonyl (C=O) groups is 1. The highest BCUT2D eigenvalue weighted by atomic mass is 16.5. The van der Waals surface area contributed by atoms with Gasteiger partial charge in [0.05, 0.1) is 0 Å². The fourth-order valence-electron chi connectivity index (χ4n) is 2.68. The van der Waals surface area contributed by atoms with Crippen LogP contribution in [-0.2, 0) is 6.54 Å². The SMILES string of the molecule is CNC(=O)c1cc(Oc2ccc3nc(NCc4ccccc4)oc3c2)ccn1. The Hall–Kier alpha value is -3.87. The first-order valence-electron chi connectivity index (χ1n) is 8.75. The molecule has 28 heavy (non-hydrogen) atoms. The van der Waals surface area contributed by atoms with Gasteiger partial charge in [-0.1, -0.05) is 30.3 Å². The number of pyridine rings is 1. The van der Waals surface area contributed by atoms with Crippen LogP contribution in [0, 0.1) is 0 Å². The topological polar surface area (TPSA) is 89.3 Å². The highest BCUT2D eigenvalue weighted by Crippen LogP contribution is 2.27. The summed E-state index contributed by atoms with van der Waals surface area (Å²) in [7, 11) is 1.55. The van der Waals surface area contributed by atoms with E-state index in [0.29, 0.717) is 29.6 Å². The molecule has 0 fully saturated rings. The summed E-state index contributed by atoms with van der Waals surface area (Å²) >= 11 is 0. The van der Waals surface area contributed by atoms with E-state index in [1.165, 1.54) is 6.20 Å². The number of hydrogen-bond donors (Lipinski definition) is 2. The molecule has 2 N–H and O–H groups in total. The first-order valence-corrected chi connectivity index (χ1v) is 8.75. The normalized spacial score (nSPS) is 10.6. The Kier molecular flexibility index (Phi) is 4.88. The Bertz CT molecular complexity index is 1110. The Morgan fingerprint density at radius 3 is 2.71 bits per heavy atom. The maximum absolute atomic E-state index is 11.7. The lowest BCUT2D eigenvalue weighted by molar-refractivity contribution is 0.0958. The molecule has 4 aromatic rings. The number of hydrogen-bond acceptors (Lipinski definition) is 6. The first kappa shape index (κ1) is 17.5. The monoisotopic (exact) mass is 374 g/mol. The number of nitrogens with one attached hydrogen (secondary N) is 2. The summed E-state index contributed by atoms with van der Waals surface area (Å²) < 4.78 is 11.6. The van der Waals surface area contributed by atoms with Gasteiger partial charge in [0.15, 0.2) is 5.58 Å². The van der Waals surface area contributed by atoms with E-state index in [4.69, 9.17) is 9.15 Å². The van der Waals surface area contributed by atoms with Gasteiger partial charge >= 0.3 is 0 Å². The van der Waals surface area contributed by atoms with Crippen LogP contribution in [0.15, 0.2) is 71.3 Å². The van der Waals surface area contributed by atoms with Crippen molar-refractivity contribution in [1.29, 1.82) is 0 Å². The molecule has 0 unspecified atom stereocenters. The van der Waals surface area contributed by atoms with E-state index in [-0.39, 0.29) is 11.6 Å². The molecule has 0 radical (unpaired) electrons. The van der Waals surface area contributed by atoms with Crippen molar-refractivity contribution >= 4 is 23.0 Å². The predicted octanol–water partition coefficient (Wildman–Crippen LogP) is 3.99. The van der Waals surface area contributed by atoms with Crippen LogP contribution in [-0.4, -0.2) is 22.9 Å². The van der Waals surface area contributed by atoms with E-state index in [0.717, 1.165) is 11.1 Å². The maximum Gasteiger partial charge on any atom is 0.295 e. The highest BCUT2D eigenvalue weighted by Gasteiger charge is 2.10. The van der Waals surface area contributed by atoms with Gasteiger partial charge in [0.2, 0.25) is 0 Å². The van der Waals surface area contributed by atoms with E-state index in [2.05, 4.69) is 20.6 Å². The predicted molar refractivity (Wildman–Crippen MR) is 105 cm³/mol. The number of benzene rings is 2. The van der Waals surface area contributed by atoms with Crippen molar-refractivity contribution in [1.82, 2.24) is 15.3 Å². The second-order valence-corrected chi connectivity index (χ2v) is 6.05. The Morgan fingerprint density at radius 2 is 1.89 bits per heavy atom. The number of aromatic nitrogens is 2. The molecular weight excluding hydrogens is 356 g/mol. The molecule has 7 heteroatoms. The fraction of sp³-hybridized carbons (Fsp3) is 0.0952. The van der Waals surface area contributed by atoms with Gasteiger partial charge in [0.25, 0.3) is 11.9 Å². The molecule has 2 heterocycles. The smallest absolute Gasteiger partial charge is 0.295 e. The van der Waals surface area contributed by atoms with E-state index in [9.17, 15) is 4.79 Å². The second kappa shape index (κ2) is 7.79. The van der Waals surface area contributed by atoms with Gasteiger partial charge in [0, 0.05) is 31.9 Å². The average Bonchev–Trinajstić information content (AvgIpc) is 3.15. The summed E-state index contributed by atoms with van der Waals surface area (Å²) in [6.07, 6.45) is 1.53. The van der Waals surface area contributed by atoms with Crippen molar-refractivity contribution in [2.75, 3.05) is 12.4 Å². The van der Waals surface area contributed by atoms with Crippen LogP contribution in [0.3, 0.4) is 0 Å². The number of carbonyl (C=O) groups excluding carboxylic acids is 1. The highest BCUT2D eigenvalue weighted by molar-refractivity contribution is 5.92. The molecule has 2 aromatic carbocycles. The van der Waals surface area contributed by atoms with E-state index >= 15 is 0 Å². The minimum absolute atomic E-state index is 0.273. The van der Waals surface area contributed by atoms with Crippen LogP contribution < -0.4 is 15.4 Å². The lowest BCUT2D eigenvalue weighted by Gasteiger charge is -2.06. The third kappa shape index (κ3) is 3.93. The van der Waals surface area contributed by atoms with Crippen molar-refractivity contribution in [2.45, 2.75) is 6.54 Å². The zero-order chi connectivity index (χ0) is 19.3. The van der Waals surface area contributed by atoms with Crippen LogP contribution in [0.2, 0.25) is 0 Å². The molecule has 2 aromatic heterocycles. The summed E-state index contributed by atoms with van der Waals surface area (Å²) in [5, 5.41) is 5.71. The number of anilines is 1. The lowest BCUT2D eigenvalue weighted by atomic mass is 10.2. The molecule has 7 nitrogen and oxygen atoms in total. The quantitative estimate of drug-likeness (QED) is 0.530. The molecule has 1 amide bonds. The summed E-state index contributed by atoms with van der Waals surface area (Å²) in [6, 6.07) is 19.1. The zero-order valence-corrected chi connectivity index (χ0v) is 15.2. The molecule has 0 atom stereocenters. The van der Waals surface area contributed by atoms with Crippen LogP contribution >= 0.6 is 0 Å². The molecule has 0 saturated carbocycles. The number of nitrogens with zero attached hydrogens (tertiary/aromatic N) is 2. The fourth-order valence-corrected chi connectivity index (χ4v) is 2.68. The molecule has 0 aliphatic carbocycles. The number of oxazole rings is 1. The molecular formula is C21H18N4O3. The lowest BCUT2D eigenvalue weighted by Crippen LogP contribution is -2.18. The van der Waals surface area contributed by atoms with Crippen molar-refractivity contribution in [3.8, 4) is 11.5 Å². The zero-order valence-electron chi connectivity index (χ0n) is 15.2. The summed E-state index contributed by atoms with van der Waals surface area (Å²) in [5.74, 6) is 0.812. The molecule has 0 aliphatic heterocycles. The summed E-state index contributed by atoms with van der Waals surface area (Å²) in [5.41, 5.74) is 2.75. The standard InChI is InChI=1S/C21H18N4O3/c1-22-20(26)18-11-16(9-10-23-18)27-15-7-8-17-19(12-15)28-21(25-17)24-13-14-5-3-2-4-6-14/h2-12H,13H2,1H3,(H,22,26)(H,24,25). The van der Waals surface area contributed by atoms with Gasteiger partial charge in [-0.25, -0.2) is 0 Å². The Balaban J connectivity index is 1.49. The first-order chi connectivity index (χ1) is 13.7. The number of rotatable bonds is 6. The van der Waals surface area contributed by atoms with Crippen molar-refractivity contribution in [3.05, 3.63) is 78.1 Å². The van der Waals surface area contributed by atoms with Gasteiger partial charge in [-0.15, -0.1) is 0 Å². The van der Waals surface area contributed by atoms with Crippen molar-refractivity contribution in [3.63, 3.8) is 0 Å². The van der Waals surface area contributed by atoms with E-state index in [1.54, 1.807) is 31.3 Å². The second-order valence-electron chi connectivity index (χ2n) is 6.05. The van der Waals surface area contributed by atoms with Gasteiger partial charge in [0.1, 0.15) is 22.7 Å². The summed E-state index contributed by atoms with van der Waals surface area (Å²) in [6.45, 7) is 0.621. The third-order valence-corrected chi connectivity index (χ3v) is 4.07. The molecule has 0 saturated heterocycles. The van der Waals surface area contributed by atoms with Gasteiger partial charge in [-0.05, 0) is 23.8 Å². The van der Waals surface area contributed by atoms with Gasteiger partial charge in [-0.2, -0.15) is 4.98 Å². The van der Waals surface area contributed by atoms with Crippen LogP contribution in [0.1, 0.15) is 16.1 Å². The molecule has 0 bridgehead atoms. The largest absolute Gasteiger partial charge is 0.457 e. The molecule has 0 aliphatic rings. The number of amides is 1. The van der Waals surface area contributed by atoms with Gasteiger partial charge < -0.3 is 19.8 Å². The van der Waals surface area contributed by atoms with E-state index in [1.807, 2.05) is 36.4 Å². The Morgan fingerprint density at radius 1 is 1.07 bits per heavy atom. The molecule has 0 spiro atoms. The van der Waals surface area contributed by atoms with Crippen LogP contribution in [0.25, 0.3) is 11.1 Å². The summed E-state index contributed by atoms with van der Waals surface area (Å²) in [4.78, 5) is 20.2. The average molecular weight is 374 g/mol. The van der Waals surface area contributed by atoms with Crippen molar-refractivity contribution in [2.24, 2.45) is 0 Å². The minimum atomic E-state index is -0.273. The molecule has 4 rings (SSSR count). The third-order valence-electron chi connectivity index (χ3n) is 4.07. The molecule has 140 valence electrons. The maximum atomic E-state index is 11.7. The van der Waals surface area contributed by atoms with Crippen molar-refractivity contribution < 1.29 is 13.9 Å². The number of ether oxygens (including phenoxy) is 1. The van der Waals surface area contributed by atoms with Gasteiger partial charge in [-0.3, -0.25) is 9.78 Å². The minimum Gasteiger partial charge on any atom is -0.457 e. The Labute approximate surface area is 161 Å².